The number of rotatable bonds is 6. The lowest BCUT2D eigenvalue weighted by Gasteiger charge is -2.06. The van der Waals surface area contributed by atoms with E-state index in [1.165, 1.54) is 0 Å². The maximum absolute atomic E-state index is 4.14. The molecule has 0 fully saturated rings. The van der Waals surface area contributed by atoms with Crippen LogP contribution in [0.4, 0.5) is 0 Å². The molecule has 0 bridgehead atoms. The van der Waals surface area contributed by atoms with Gasteiger partial charge in [-0.1, -0.05) is 0 Å². The third kappa shape index (κ3) is 2.97. The van der Waals surface area contributed by atoms with E-state index in [9.17, 15) is 0 Å². The summed E-state index contributed by atoms with van der Waals surface area (Å²) in [5.41, 5.74) is 3.13. The summed E-state index contributed by atoms with van der Waals surface area (Å²) >= 11 is 0. The maximum atomic E-state index is 4.14. The summed E-state index contributed by atoms with van der Waals surface area (Å²) in [5.74, 6) is 0.934. The molecule has 0 aliphatic carbocycles. The SMILES string of the molecule is CCn1cnnc1CNCc1cn[nH]c1-c1cccnc1. The molecule has 0 saturated carbocycles. The molecular formula is C14H17N7. The first-order valence-electron chi connectivity index (χ1n) is 6.88. The van der Waals surface area contributed by atoms with Crippen LogP contribution in [0, 0.1) is 0 Å². The molecule has 0 aromatic carbocycles. The Labute approximate surface area is 122 Å². The van der Waals surface area contributed by atoms with Gasteiger partial charge in [0.2, 0.25) is 0 Å². The van der Waals surface area contributed by atoms with E-state index in [0.29, 0.717) is 13.1 Å². The summed E-state index contributed by atoms with van der Waals surface area (Å²) in [6.07, 6.45) is 7.16. The number of H-pyrrole nitrogens is 1. The van der Waals surface area contributed by atoms with Gasteiger partial charge in [-0.3, -0.25) is 10.1 Å². The maximum Gasteiger partial charge on any atom is 0.146 e. The zero-order valence-electron chi connectivity index (χ0n) is 11.8. The number of aromatic amines is 1. The molecule has 0 saturated heterocycles. The fourth-order valence-electron chi connectivity index (χ4n) is 2.19. The third-order valence-corrected chi connectivity index (χ3v) is 3.30. The fraction of sp³-hybridized carbons (Fsp3) is 0.286. The number of pyridine rings is 1. The summed E-state index contributed by atoms with van der Waals surface area (Å²) in [4.78, 5) is 4.14. The molecule has 7 heteroatoms. The molecule has 2 N–H and O–H groups in total. The van der Waals surface area contributed by atoms with Crippen LogP contribution in [0.2, 0.25) is 0 Å². The van der Waals surface area contributed by atoms with Gasteiger partial charge < -0.3 is 9.88 Å². The molecule has 3 heterocycles. The van der Waals surface area contributed by atoms with Crippen molar-refractivity contribution in [3.8, 4) is 11.3 Å². The zero-order chi connectivity index (χ0) is 14.5. The minimum atomic E-state index is 0.672. The highest BCUT2D eigenvalue weighted by atomic mass is 15.3. The molecule has 7 nitrogen and oxygen atoms in total. The average molecular weight is 283 g/mol. The lowest BCUT2D eigenvalue weighted by Crippen LogP contribution is -2.16. The van der Waals surface area contributed by atoms with Crippen molar-refractivity contribution in [2.24, 2.45) is 0 Å². The van der Waals surface area contributed by atoms with E-state index in [1.807, 2.05) is 29.1 Å². The first-order chi connectivity index (χ1) is 10.4. The van der Waals surface area contributed by atoms with Gasteiger partial charge in [0.25, 0.3) is 0 Å². The summed E-state index contributed by atoms with van der Waals surface area (Å²) in [6.45, 7) is 4.32. The van der Waals surface area contributed by atoms with Gasteiger partial charge in [-0.05, 0) is 19.1 Å². The van der Waals surface area contributed by atoms with Crippen molar-refractivity contribution in [2.45, 2.75) is 26.6 Å². The number of hydrogen-bond acceptors (Lipinski definition) is 5. The first-order valence-corrected chi connectivity index (χ1v) is 6.88. The van der Waals surface area contributed by atoms with Crippen LogP contribution >= 0.6 is 0 Å². The molecule has 0 aliphatic rings. The first kappa shape index (κ1) is 13.4. The average Bonchev–Trinajstić information content (AvgIpc) is 3.17. The molecule has 0 unspecified atom stereocenters. The second-order valence-electron chi connectivity index (χ2n) is 4.65. The van der Waals surface area contributed by atoms with Crippen LogP contribution in [0.25, 0.3) is 11.3 Å². The highest BCUT2D eigenvalue weighted by Gasteiger charge is 2.08. The topological polar surface area (TPSA) is 84.3 Å². The standard InChI is InChI=1S/C14H17N7/c1-2-21-10-18-19-13(21)9-16-7-12-8-17-20-14(12)11-4-3-5-15-6-11/h3-6,8,10,16H,2,7,9H2,1H3,(H,17,20). The smallest absolute Gasteiger partial charge is 0.146 e. The summed E-state index contributed by atoms with van der Waals surface area (Å²) in [5, 5.41) is 18.5. The van der Waals surface area contributed by atoms with Gasteiger partial charge in [0.1, 0.15) is 12.2 Å². The predicted octanol–water partition coefficient (Wildman–Crippen LogP) is 1.37. The van der Waals surface area contributed by atoms with Crippen molar-refractivity contribution in [3.63, 3.8) is 0 Å². The monoisotopic (exact) mass is 283 g/mol. The Balaban J connectivity index is 1.66. The van der Waals surface area contributed by atoms with E-state index >= 15 is 0 Å². The Morgan fingerprint density at radius 3 is 3.05 bits per heavy atom. The van der Waals surface area contributed by atoms with Gasteiger partial charge in [-0.2, -0.15) is 5.10 Å². The highest BCUT2D eigenvalue weighted by molar-refractivity contribution is 5.61. The van der Waals surface area contributed by atoms with Crippen molar-refractivity contribution < 1.29 is 0 Å². The molecule has 108 valence electrons. The van der Waals surface area contributed by atoms with Crippen LogP contribution in [0.1, 0.15) is 18.3 Å². The van der Waals surface area contributed by atoms with Gasteiger partial charge >= 0.3 is 0 Å². The van der Waals surface area contributed by atoms with E-state index in [1.54, 1.807) is 12.5 Å². The number of hydrogen-bond donors (Lipinski definition) is 2. The van der Waals surface area contributed by atoms with Crippen LogP contribution in [0.15, 0.2) is 37.1 Å². The quantitative estimate of drug-likeness (QED) is 0.714. The lowest BCUT2D eigenvalue weighted by molar-refractivity contribution is 0.613. The van der Waals surface area contributed by atoms with E-state index in [4.69, 9.17) is 0 Å². The van der Waals surface area contributed by atoms with Gasteiger partial charge in [-0.25, -0.2) is 0 Å². The molecule has 21 heavy (non-hydrogen) atoms. The van der Waals surface area contributed by atoms with Crippen molar-refractivity contribution in [3.05, 3.63) is 48.4 Å². The Bertz CT molecular complexity index is 686. The minimum Gasteiger partial charge on any atom is -0.317 e. The predicted molar refractivity (Wildman–Crippen MR) is 78.1 cm³/mol. The Kier molecular flexibility index (Phi) is 4.02. The van der Waals surface area contributed by atoms with Gasteiger partial charge in [0.05, 0.1) is 18.4 Å². The van der Waals surface area contributed by atoms with Crippen LogP contribution in [0.5, 0.6) is 0 Å². The molecule has 0 spiro atoms. The number of nitrogens with one attached hydrogen (secondary N) is 2. The molecular weight excluding hydrogens is 266 g/mol. The summed E-state index contributed by atoms with van der Waals surface area (Å²) < 4.78 is 2.02. The highest BCUT2D eigenvalue weighted by Crippen LogP contribution is 2.19. The lowest BCUT2D eigenvalue weighted by atomic mass is 10.1. The van der Waals surface area contributed by atoms with Crippen LogP contribution in [-0.4, -0.2) is 29.9 Å². The fourth-order valence-corrected chi connectivity index (χ4v) is 2.19. The number of aromatic nitrogens is 6. The van der Waals surface area contributed by atoms with Crippen LogP contribution in [0.3, 0.4) is 0 Å². The molecule has 0 atom stereocenters. The summed E-state index contributed by atoms with van der Waals surface area (Å²) in [6, 6.07) is 3.93. The largest absolute Gasteiger partial charge is 0.317 e. The molecule has 0 amide bonds. The molecule has 0 aliphatic heterocycles. The Morgan fingerprint density at radius 1 is 1.29 bits per heavy atom. The normalized spacial score (nSPS) is 10.9. The Hall–Kier alpha value is -2.54. The van der Waals surface area contributed by atoms with Gasteiger partial charge in [-0.15, -0.1) is 10.2 Å². The molecule has 3 aromatic rings. The molecule has 3 rings (SSSR count). The summed E-state index contributed by atoms with van der Waals surface area (Å²) in [7, 11) is 0. The van der Waals surface area contributed by atoms with Gasteiger partial charge in [0, 0.05) is 36.6 Å². The van der Waals surface area contributed by atoms with Crippen LogP contribution < -0.4 is 5.32 Å². The van der Waals surface area contributed by atoms with Crippen molar-refractivity contribution >= 4 is 0 Å². The van der Waals surface area contributed by atoms with E-state index in [0.717, 1.165) is 29.2 Å². The number of nitrogens with zero attached hydrogens (tertiary/aromatic N) is 5. The van der Waals surface area contributed by atoms with Crippen molar-refractivity contribution in [1.82, 2.24) is 35.3 Å². The van der Waals surface area contributed by atoms with Crippen molar-refractivity contribution in [2.75, 3.05) is 0 Å². The molecule has 3 aromatic heterocycles. The van der Waals surface area contributed by atoms with Crippen LogP contribution in [-0.2, 0) is 19.6 Å². The Morgan fingerprint density at radius 2 is 2.24 bits per heavy atom. The third-order valence-electron chi connectivity index (χ3n) is 3.30. The van der Waals surface area contributed by atoms with E-state index in [2.05, 4.69) is 37.6 Å². The van der Waals surface area contributed by atoms with E-state index < -0.39 is 0 Å². The van der Waals surface area contributed by atoms with E-state index in [-0.39, 0.29) is 0 Å². The second kappa shape index (κ2) is 6.27. The number of aryl methyl sites for hydroxylation is 1. The molecule has 0 radical (unpaired) electrons. The van der Waals surface area contributed by atoms with Crippen molar-refractivity contribution in [1.29, 1.82) is 0 Å². The minimum absolute atomic E-state index is 0.672. The zero-order valence-corrected chi connectivity index (χ0v) is 11.8. The second-order valence-corrected chi connectivity index (χ2v) is 4.65. The van der Waals surface area contributed by atoms with Gasteiger partial charge in [0.15, 0.2) is 0 Å².